The maximum Gasteiger partial charge on any atom is 0.122 e. The van der Waals surface area contributed by atoms with Crippen molar-refractivity contribution >= 4 is 0 Å². The van der Waals surface area contributed by atoms with Gasteiger partial charge in [0.2, 0.25) is 0 Å². The summed E-state index contributed by atoms with van der Waals surface area (Å²) in [4.78, 5) is 6.75. The van der Waals surface area contributed by atoms with E-state index in [0.29, 0.717) is 6.04 Å². The molecule has 2 heterocycles. The molecule has 1 aliphatic rings. The summed E-state index contributed by atoms with van der Waals surface area (Å²) in [5.41, 5.74) is 0. The quantitative estimate of drug-likeness (QED) is 0.835. The minimum absolute atomic E-state index is 0.271. The molecule has 1 atom stereocenters. The minimum Gasteiger partial charge on any atom is -0.395 e. The summed E-state index contributed by atoms with van der Waals surface area (Å²) in [5.74, 6) is 1.11. The lowest BCUT2D eigenvalue weighted by molar-refractivity contribution is 0.0810. The summed E-state index contributed by atoms with van der Waals surface area (Å²) in [7, 11) is 0. The van der Waals surface area contributed by atoms with Crippen LogP contribution < -0.4 is 0 Å². The van der Waals surface area contributed by atoms with Crippen molar-refractivity contribution in [3.63, 3.8) is 0 Å². The Morgan fingerprint density at radius 1 is 1.50 bits per heavy atom. The molecule has 1 fully saturated rings. The van der Waals surface area contributed by atoms with Crippen molar-refractivity contribution in [1.82, 2.24) is 14.5 Å². The molecule has 1 aromatic heterocycles. The number of aliphatic hydroxyl groups excluding tert-OH is 1. The van der Waals surface area contributed by atoms with Crippen LogP contribution in [0.2, 0.25) is 0 Å². The molecule has 0 radical (unpaired) electrons. The van der Waals surface area contributed by atoms with Gasteiger partial charge in [-0.3, -0.25) is 4.90 Å². The highest BCUT2D eigenvalue weighted by atomic mass is 16.3. The maximum absolute atomic E-state index is 9.35. The molecule has 16 heavy (non-hydrogen) atoms. The van der Waals surface area contributed by atoms with Crippen molar-refractivity contribution in [2.24, 2.45) is 0 Å². The second kappa shape index (κ2) is 5.46. The zero-order chi connectivity index (χ0) is 11.4. The first-order valence-corrected chi connectivity index (χ1v) is 6.20. The minimum atomic E-state index is 0.271. The molecular formula is C12H21N3O. The van der Waals surface area contributed by atoms with Crippen LogP contribution in [-0.2, 0) is 13.1 Å². The van der Waals surface area contributed by atoms with Crippen LogP contribution in [0, 0.1) is 0 Å². The molecule has 0 aromatic carbocycles. The van der Waals surface area contributed by atoms with E-state index < -0.39 is 0 Å². The number of hydrogen-bond donors (Lipinski definition) is 1. The number of imidazole rings is 1. The van der Waals surface area contributed by atoms with E-state index in [9.17, 15) is 5.11 Å². The first-order chi connectivity index (χ1) is 7.85. The second-order valence-corrected chi connectivity index (χ2v) is 4.43. The summed E-state index contributed by atoms with van der Waals surface area (Å²) in [5, 5.41) is 9.35. The van der Waals surface area contributed by atoms with Crippen molar-refractivity contribution in [1.29, 1.82) is 0 Å². The lowest BCUT2D eigenvalue weighted by Gasteiger charge is -2.34. The van der Waals surface area contributed by atoms with E-state index in [1.54, 1.807) is 0 Å². The van der Waals surface area contributed by atoms with Gasteiger partial charge in [0.15, 0.2) is 0 Å². The van der Waals surface area contributed by atoms with Gasteiger partial charge in [0.1, 0.15) is 5.82 Å². The second-order valence-electron chi connectivity index (χ2n) is 4.43. The van der Waals surface area contributed by atoms with E-state index in [2.05, 4.69) is 21.4 Å². The average Bonchev–Trinajstić information content (AvgIpc) is 2.77. The number of piperidine rings is 1. The van der Waals surface area contributed by atoms with Crippen LogP contribution >= 0.6 is 0 Å². The monoisotopic (exact) mass is 223 g/mol. The Kier molecular flexibility index (Phi) is 3.96. The maximum atomic E-state index is 9.35. The molecule has 4 nitrogen and oxygen atoms in total. The van der Waals surface area contributed by atoms with Crippen LogP contribution in [0.1, 0.15) is 32.0 Å². The van der Waals surface area contributed by atoms with Gasteiger partial charge in [-0.05, 0) is 26.3 Å². The van der Waals surface area contributed by atoms with Gasteiger partial charge in [-0.2, -0.15) is 0 Å². The van der Waals surface area contributed by atoms with Gasteiger partial charge < -0.3 is 9.67 Å². The van der Waals surface area contributed by atoms with E-state index >= 15 is 0 Å². The Balaban J connectivity index is 2.02. The fourth-order valence-electron chi connectivity index (χ4n) is 2.44. The predicted molar refractivity (Wildman–Crippen MR) is 63.0 cm³/mol. The molecule has 1 aromatic rings. The molecule has 0 bridgehead atoms. The first kappa shape index (κ1) is 11.6. The highest BCUT2D eigenvalue weighted by Gasteiger charge is 2.22. The van der Waals surface area contributed by atoms with Crippen LogP contribution in [0.4, 0.5) is 0 Å². The summed E-state index contributed by atoms with van der Waals surface area (Å²) in [6.45, 7) is 5.32. The molecule has 0 aliphatic carbocycles. The lowest BCUT2D eigenvalue weighted by Crippen LogP contribution is -2.41. The summed E-state index contributed by atoms with van der Waals surface area (Å²) in [6.07, 6.45) is 7.47. The van der Waals surface area contributed by atoms with E-state index in [4.69, 9.17) is 0 Å². The van der Waals surface area contributed by atoms with Crippen LogP contribution in [0.15, 0.2) is 12.4 Å². The molecule has 0 amide bonds. The van der Waals surface area contributed by atoms with Crippen molar-refractivity contribution in [2.75, 3.05) is 13.2 Å². The summed E-state index contributed by atoms with van der Waals surface area (Å²) >= 11 is 0. The van der Waals surface area contributed by atoms with Gasteiger partial charge >= 0.3 is 0 Å². The van der Waals surface area contributed by atoms with Crippen LogP contribution in [0.25, 0.3) is 0 Å². The Hall–Kier alpha value is -0.870. The molecule has 4 heteroatoms. The number of aryl methyl sites for hydroxylation is 1. The third kappa shape index (κ3) is 2.44. The molecular weight excluding hydrogens is 202 g/mol. The zero-order valence-electron chi connectivity index (χ0n) is 9.97. The topological polar surface area (TPSA) is 41.3 Å². The number of aromatic nitrogens is 2. The molecule has 1 N–H and O–H groups in total. The van der Waals surface area contributed by atoms with Crippen molar-refractivity contribution in [3.8, 4) is 0 Å². The molecule has 1 unspecified atom stereocenters. The molecule has 90 valence electrons. The van der Waals surface area contributed by atoms with Crippen molar-refractivity contribution < 1.29 is 5.11 Å². The van der Waals surface area contributed by atoms with Crippen LogP contribution in [0.3, 0.4) is 0 Å². The molecule has 0 saturated carbocycles. The number of likely N-dealkylation sites (tertiary alicyclic amines) is 1. The standard InChI is InChI=1S/C12H21N3O/c1-2-14-8-6-13-12(14)9-15-7-4-3-5-11(15)10-16/h6,8,11,16H,2-5,7,9-10H2,1H3. The fraction of sp³-hybridized carbons (Fsp3) is 0.750. The third-order valence-electron chi connectivity index (χ3n) is 3.45. The molecule has 1 aliphatic heterocycles. The van der Waals surface area contributed by atoms with E-state index in [1.165, 1.54) is 12.8 Å². The summed E-state index contributed by atoms with van der Waals surface area (Å²) < 4.78 is 2.17. The first-order valence-electron chi connectivity index (χ1n) is 6.20. The SMILES string of the molecule is CCn1ccnc1CN1CCCCC1CO. The number of rotatable bonds is 4. The number of nitrogens with zero attached hydrogens (tertiary/aromatic N) is 3. The fourth-order valence-corrected chi connectivity index (χ4v) is 2.44. The molecule has 2 rings (SSSR count). The molecule has 0 spiro atoms. The van der Waals surface area contributed by atoms with Gasteiger partial charge in [-0.1, -0.05) is 6.42 Å². The highest BCUT2D eigenvalue weighted by molar-refractivity contribution is 4.93. The number of hydrogen-bond acceptors (Lipinski definition) is 3. The van der Waals surface area contributed by atoms with Crippen LogP contribution in [-0.4, -0.2) is 38.8 Å². The zero-order valence-corrected chi connectivity index (χ0v) is 9.97. The largest absolute Gasteiger partial charge is 0.395 e. The van der Waals surface area contributed by atoms with Crippen molar-refractivity contribution in [3.05, 3.63) is 18.2 Å². The van der Waals surface area contributed by atoms with Gasteiger partial charge in [0.05, 0.1) is 13.2 Å². The van der Waals surface area contributed by atoms with Gasteiger partial charge in [0.25, 0.3) is 0 Å². The predicted octanol–water partition coefficient (Wildman–Crippen LogP) is 1.25. The normalized spacial score (nSPS) is 22.5. The third-order valence-corrected chi connectivity index (χ3v) is 3.45. The highest BCUT2D eigenvalue weighted by Crippen LogP contribution is 2.18. The molecule has 1 saturated heterocycles. The smallest absolute Gasteiger partial charge is 0.122 e. The lowest BCUT2D eigenvalue weighted by atomic mass is 10.0. The summed E-state index contributed by atoms with van der Waals surface area (Å²) in [6, 6.07) is 0.329. The Morgan fingerprint density at radius 3 is 3.12 bits per heavy atom. The van der Waals surface area contributed by atoms with Gasteiger partial charge in [-0.15, -0.1) is 0 Å². The Bertz CT molecular complexity index is 324. The van der Waals surface area contributed by atoms with Gasteiger partial charge in [-0.25, -0.2) is 4.98 Å². The number of aliphatic hydroxyl groups is 1. The van der Waals surface area contributed by atoms with Crippen LogP contribution in [0.5, 0.6) is 0 Å². The van der Waals surface area contributed by atoms with Gasteiger partial charge in [0, 0.05) is 25.0 Å². The van der Waals surface area contributed by atoms with E-state index in [0.717, 1.165) is 31.9 Å². The van der Waals surface area contributed by atoms with Crippen molar-refractivity contribution in [2.45, 2.75) is 45.3 Å². The Morgan fingerprint density at radius 2 is 2.38 bits per heavy atom. The average molecular weight is 223 g/mol. The van der Waals surface area contributed by atoms with E-state index in [1.807, 2.05) is 12.4 Å². The van der Waals surface area contributed by atoms with E-state index in [-0.39, 0.29) is 6.61 Å². The Labute approximate surface area is 96.9 Å².